The molecule has 6 nitrogen and oxygen atoms in total. The van der Waals surface area contributed by atoms with Crippen LogP contribution in [-0.4, -0.2) is 42.8 Å². The van der Waals surface area contributed by atoms with Gasteiger partial charge in [0.1, 0.15) is 5.60 Å². The molecule has 4 rings (SSSR count). The van der Waals surface area contributed by atoms with Crippen LogP contribution in [0.25, 0.3) is 10.4 Å². The molecule has 34 heavy (non-hydrogen) atoms. The summed E-state index contributed by atoms with van der Waals surface area (Å²) >= 11 is 1.75. The van der Waals surface area contributed by atoms with Crippen LogP contribution in [0.1, 0.15) is 31.2 Å². The normalized spacial score (nSPS) is 13.9. The fourth-order valence-corrected chi connectivity index (χ4v) is 4.74. The molecule has 0 spiro atoms. The van der Waals surface area contributed by atoms with E-state index in [0.29, 0.717) is 18.7 Å². The number of amides is 1. The maximum Gasteiger partial charge on any atom is 0.410 e. The molecule has 1 aromatic heterocycles. The van der Waals surface area contributed by atoms with Gasteiger partial charge in [-0.15, -0.1) is 11.3 Å². The Morgan fingerprint density at radius 2 is 1.68 bits per heavy atom. The van der Waals surface area contributed by atoms with Gasteiger partial charge in [-0.1, -0.05) is 12.1 Å². The zero-order chi connectivity index (χ0) is 24.1. The number of piperazine rings is 1. The molecule has 0 radical (unpaired) electrons. The predicted octanol–water partition coefficient (Wildman–Crippen LogP) is 5.96. The fraction of sp³-hybridized carbons (Fsp3) is 0.333. The largest absolute Gasteiger partial charge is 0.444 e. The van der Waals surface area contributed by atoms with Crippen LogP contribution < -0.4 is 10.2 Å². The lowest BCUT2D eigenvalue weighted by Crippen LogP contribution is -2.50. The molecule has 0 aliphatic carbocycles. The summed E-state index contributed by atoms with van der Waals surface area (Å²) in [6, 6.07) is 22.6. The van der Waals surface area contributed by atoms with Gasteiger partial charge >= 0.3 is 6.09 Å². The minimum absolute atomic E-state index is 0.234. The van der Waals surface area contributed by atoms with Gasteiger partial charge in [0.2, 0.25) is 0 Å². The second-order valence-corrected chi connectivity index (χ2v) is 10.5. The SMILES string of the molecule is CC(C)(C)OC(=O)N1CCN(c2ccc(NCc3ccc(-c4ccc(C#N)cc4)s3)cc2)CC1. The first kappa shape index (κ1) is 23.7. The molecule has 0 atom stereocenters. The van der Waals surface area contributed by atoms with Crippen molar-refractivity contribution in [3.8, 4) is 16.5 Å². The molecular weight excluding hydrogens is 444 g/mol. The number of nitriles is 1. The first-order valence-corrected chi connectivity index (χ1v) is 12.3. The Morgan fingerprint density at radius 1 is 1.00 bits per heavy atom. The third-order valence-electron chi connectivity index (χ3n) is 5.59. The van der Waals surface area contributed by atoms with Gasteiger partial charge in [-0.2, -0.15) is 5.26 Å². The van der Waals surface area contributed by atoms with Crippen molar-refractivity contribution in [3.05, 3.63) is 71.1 Å². The van der Waals surface area contributed by atoms with E-state index in [9.17, 15) is 4.79 Å². The van der Waals surface area contributed by atoms with Crippen LogP contribution in [0.15, 0.2) is 60.7 Å². The number of ether oxygens (including phenoxy) is 1. The first-order valence-electron chi connectivity index (χ1n) is 11.5. The number of rotatable bonds is 5. The van der Waals surface area contributed by atoms with Crippen LogP contribution in [-0.2, 0) is 11.3 Å². The molecule has 0 unspecified atom stereocenters. The van der Waals surface area contributed by atoms with Gasteiger partial charge in [-0.3, -0.25) is 0 Å². The number of thiophene rings is 1. The highest BCUT2D eigenvalue weighted by Gasteiger charge is 2.25. The molecule has 1 aliphatic heterocycles. The van der Waals surface area contributed by atoms with Crippen LogP contribution in [0.3, 0.4) is 0 Å². The van der Waals surface area contributed by atoms with Gasteiger partial charge in [-0.25, -0.2) is 4.79 Å². The van der Waals surface area contributed by atoms with Gasteiger partial charge in [0.25, 0.3) is 0 Å². The Labute approximate surface area is 205 Å². The fourth-order valence-electron chi connectivity index (χ4n) is 3.79. The number of carbonyl (C=O) groups is 1. The summed E-state index contributed by atoms with van der Waals surface area (Å²) in [5.41, 5.74) is 3.57. The van der Waals surface area contributed by atoms with Crippen molar-refractivity contribution >= 4 is 28.8 Å². The lowest BCUT2D eigenvalue weighted by molar-refractivity contribution is 0.0240. The van der Waals surface area contributed by atoms with Gasteiger partial charge in [0, 0.05) is 53.9 Å². The summed E-state index contributed by atoms with van der Waals surface area (Å²) in [4.78, 5) is 18.8. The zero-order valence-corrected chi connectivity index (χ0v) is 20.7. The molecule has 1 saturated heterocycles. The average molecular weight is 475 g/mol. The maximum absolute atomic E-state index is 12.3. The highest BCUT2D eigenvalue weighted by molar-refractivity contribution is 7.15. The monoisotopic (exact) mass is 474 g/mol. The molecular formula is C27H30N4O2S. The van der Waals surface area contributed by atoms with Crippen LogP contribution in [0.5, 0.6) is 0 Å². The van der Waals surface area contributed by atoms with E-state index in [0.717, 1.165) is 36.6 Å². The molecule has 176 valence electrons. The van der Waals surface area contributed by atoms with E-state index in [-0.39, 0.29) is 6.09 Å². The lowest BCUT2D eigenvalue weighted by atomic mass is 10.1. The standard InChI is InChI=1S/C27H30N4O2S/c1-27(2,3)33-26(32)31-16-14-30(15-17-31)23-10-8-22(9-11-23)29-19-24-12-13-25(34-24)21-6-4-20(18-28)5-7-21/h4-13,29H,14-17,19H2,1-3H3. The van der Waals surface area contributed by atoms with Crippen LogP contribution in [0.2, 0.25) is 0 Å². The molecule has 0 saturated carbocycles. The number of hydrogen-bond donors (Lipinski definition) is 1. The smallest absolute Gasteiger partial charge is 0.410 e. The maximum atomic E-state index is 12.3. The molecule has 3 aromatic rings. The average Bonchev–Trinajstić information content (AvgIpc) is 3.31. The zero-order valence-electron chi connectivity index (χ0n) is 19.9. The Kier molecular flexibility index (Phi) is 7.09. The van der Waals surface area contributed by atoms with E-state index in [1.807, 2.05) is 45.0 Å². The topological polar surface area (TPSA) is 68.6 Å². The van der Waals surface area contributed by atoms with Crippen molar-refractivity contribution < 1.29 is 9.53 Å². The third kappa shape index (κ3) is 6.09. The molecule has 1 N–H and O–H groups in total. The van der Waals surface area contributed by atoms with Crippen molar-refractivity contribution in [2.24, 2.45) is 0 Å². The van der Waals surface area contributed by atoms with E-state index < -0.39 is 5.60 Å². The molecule has 0 bridgehead atoms. The minimum atomic E-state index is -0.467. The second-order valence-electron chi connectivity index (χ2n) is 9.31. The van der Waals surface area contributed by atoms with Crippen LogP contribution in [0.4, 0.5) is 16.2 Å². The highest BCUT2D eigenvalue weighted by atomic mass is 32.1. The molecule has 1 fully saturated rings. The number of nitrogens with one attached hydrogen (secondary N) is 1. The van der Waals surface area contributed by atoms with Crippen LogP contribution >= 0.6 is 11.3 Å². The Bertz CT molecular complexity index is 1150. The minimum Gasteiger partial charge on any atom is -0.444 e. The summed E-state index contributed by atoms with van der Waals surface area (Å²) in [7, 11) is 0. The molecule has 7 heteroatoms. The van der Waals surface area contributed by atoms with Crippen LogP contribution in [0, 0.1) is 11.3 Å². The summed E-state index contributed by atoms with van der Waals surface area (Å²) in [5.74, 6) is 0. The van der Waals surface area contributed by atoms with Crippen molar-refractivity contribution in [1.82, 2.24) is 4.90 Å². The Morgan fingerprint density at radius 3 is 2.29 bits per heavy atom. The van der Waals surface area contributed by atoms with E-state index in [4.69, 9.17) is 10.00 Å². The van der Waals surface area contributed by atoms with Gasteiger partial charge in [0.05, 0.1) is 11.6 Å². The van der Waals surface area contributed by atoms with E-state index in [1.165, 1.54) is 9.75 Å². The predicted molar refractivity (Wildman–Crippen MR) is 138 cm³/mol. The summed E-state index contributed by atoms with van der Waals surface area (Å²) in [5, 5.41) is 12.5. The number of carbonyl (C=O) groups excluding carboxylic acids is 1. The van der Waals surface area contributed by atoms with E-state index in [1.54, 1.807) is 16.2 Å². The molecule has 2 aromatic carbocycles. The summed E-state index contributed by atoms with van der Waals surface area (Å²) in [6.07, 6.45) is -0.234. The van der Waals surface area contributed by atoms with Crippen molar-refractivity contribution in [2.45, 2.75) is 32.9 Å². The number of nitrogens with zero attached hydrogens (tertiary/aromatic N) is 3. The quantitative estimate of drug-likeness (QED) is 0.494. The first-order chi connectivity index (χ1) is 16.3. The second kappa shape index (κ2) is 10.2. The number of benzene rings is 2. The highest BCUT2D eigenvalue weighted by Crippen LogP contribution is 2.29. The van der Waals surface area contributed by atoms with Crippen molar-refractivity contribution in [2.75, 3.05) is 36.4 Å². The molecule has 1 amide bonds. The van der Waals surface area contributed by atoms with Crippen molar-refractivity contribution in [3.63, 3.8) is 0 Å². The Hall–Kier alpha value is -3.50. The third-order valence-corrected chi connectivity index (χ3v) is 6.73. The Balaban J connectivity index is 1.27. The van der Waals surface area contributed by atoms with Gasteiger partial charge in [0.15, 0.2) is 0 Å². The number of anilines is 2. The summed E-state index contributed by atoms with van der Waals surface area (Å²) < 4.78 is 5.48. The summed E-state index contributed by atoms with van der Waals surface area (Å²) in [6.45, 7) is 9.34. The van der Waals surface area contributed by atoms with E-state index >= 15 is 0 Å². The van der Waals surface area contributed by atoms with Gasteiger partial charge < -0.3 is 19.9 Å². The lowest BCUT2D eigenvalue weighted by Gasteiger charge is -2.36. The molecule has 2 heterocycles. The number of hydrogen-bond acceptors (Lipinski definition) is 6. The van der Waals surface area contributed by atoms with Gasteiger partial charge in [-0.05, 0) is 74.9 Å². The van der Waals surface area contributed by atoms with Crippen molar-refractivity contribution in [1.29, 1.82) is 5.26 Å². The van der Waals surface area contributed by atoms with E-state index in [2.05, 4.69) is 52.7 Å². The molecule has 1 aliphatic rings.